The number of nitrogens with zero attached hydrogens (tertiary/aromatic N) is 1. The van der Waals surface area contributed by atoms with E-state index in [2.05, 4.69) is 29.5 Å². The van der Waals surface area contributed by atoms with Crippen LogP contribution in [0.5, 0.6) is 0 Å². The van der Waals surface area contributed by atoms with Crippen molar-refractivity contribution in [3.05, 3.63) is 22.8 Å². The van der Waals surface area contributed by atoms with Gasteiger partial charge in [-0.3, -0.25) is 4.79 Å². The molecule has 0 aliphatic rings. The molecule has 0 aromatic carbocycles. The van der Waals surface area contributed by atoms with Crippen LogP contribution in [0.3, 0.4) is 0 Å². The zero-order chi connectivity index (χ0) is 13.7. The van der Waals surface area contributed by atoms with Gasteiger partial charge in [0.2, 0.25) is 0 Å². The number of hydrogen-bond donors (Lipinski definition) is 2. The average molecular weight is 270 g/mol. The molecule has 18 heavy (non-hydrogen) atoms. The number of aromatic nitrogens is 1. The van der Waals surface area contributed by atoms with Crippen molar-refractivity contribution in [1.82, 2.24) is 10.3 Å². The normalized spacial score (nSPS) is 12.3. The highest BCUT2D eigenvalue weighted by Crippen LogP contribution is 2.19. The third kappa shape index (κ3) is 4.18. The minimum atomic E-state index is -0.139. The molecular formula is C13H20ClN3O. The fraction of sp³-hybridized carbons (Fsp3) is 0.538. The largest absolute Gasteiger partial charge is 0.372 e. The van der Waals surface area contributed by atoms with Crippen molar-refractivity contribution in [1.29, 1.82) is 0 Å². The van der Waals surface area contributed by atoms with Crippen molar-refractivity contribution in [2.24, 2.45) is 5.92 Å². The Morgan fingerprint density at radius 3 is 2.61 bits per heavy atom. The lowest BCUT2D eigenvalue weighted by molar-refractivity contribution is 0.0936. The molecule has 1 aromatic heterocycles. The summed E-state index contributed by atoms with van der Waals surface area (Å²) in [5, 5.41) is 6.23. The summed E-state index contributed by atoms with van der Waals surface area (Å²) in [6, 6.07) is 1.76. The molecule has 0 radical (unpaired) electrons. The molecule has 0 bridgehead atoms. The predicted octanol–water partition coefficient (Wildman–Crippen LogP) is 2.94. The van der Waals surface area contributed by atoms with Gasteiger partial charge < -0.3 is 10.6 Å². The van der Waals surface area contributed by atoms with Crippen LogP contribution in [0.15, 0.2) is 12.3 Å². The highest BCUT2D eigenvalue weighted by molar-refractivity contribution is 6.33. The summed E-state index contributed by atoms with van der Waals surface area (Å²) in [4.78, 5) is 16.0. The molecule has 1 aromatic rings. The lowest BCUT2D eigenvalue weighted by Gasteiger charge is -2.16. The summed E-state index contributed by atoms with van der Waals surface area (Å²) < 4.78 is 0. The predicted molar refractivity (Wildman–Crippen MR) is 75.2 cm³/mol. The number of carbonyl (C=O) groups excluding carboxylic acids is 1. The molecule has 4 nitrogen and oxygen atoms in total. The monoisotopic (exact) mass is 269 g/mol. The van der Waals surface area contributed by atoms with E-state index in [9.17, 15) is 4.79 Å². The van der Waals surface area contributed by atoms with E-state index in [-0.39, 0.29) is 11.9 Å². The summed E-state index contributed by atoms with van der Waals surface area (Å²) >= 11 is 5.99. The van der Waals surface area contributed by atoms with Crippen molar-refractivity contribution in [3.63, 3.8) is 0 Å². The molecule has 1 heterocycles. The van der Waals surface area contributed by atoms with E-state index in [1.807, 2.05) is 6.92 Å². The van der Waals surface area contributed by atoms with Gasteiger partial charge in [-0.1, -0.05) is 25.4 Å². The van der Waals surface area contributed by atoms with E-state index >= 15 is 0 Å². The van der Waals surface area contributed by atoms with Gasteiger partial charge in [0.25, 0.3) is 5.91 Å². The molecule has 0 fully saturated rings. The van der Waals surface area contributed by atoms with Crippen LogP contribution in [0.2, 0.25) is 5.02 Å². The minimum Gasteiger partial charge on any atom is -0.372 e. The van der Waals surface area contributed by atoms with Crippen LogP contribution < -0.4 is 10.6 Å². The maximum Gasteiger partial charge on any atom is 0.253 e. The number of rotatable bonds is 5. The highest BCUT2D eigenvalue weighted by atomic mass is 35.5. The number of carbonyl (C=O) groups is 1. The molecule has 1 atom stereocenters. The Bertz CT molecular complexity index is 421. The summed E-state index contributed by atoms with van der Waals surface area (Å²) in [6.07, 6.45) is 2.47. The SMILES string of the molecule is CNc1ncc(C(=O)NC(C)CC(C)C)cc1Cl. The van der Waals surface area contributed by atoms with Crippen LogP contribution in [0.25, 0.3) is 0 Å². The number of pyridine rings is 1. The van der Waals surface area contributed by atoms with Gasteiger partial charge in [0.05, 0.1) is 10.6 Å². The fourth-order valence-electron chi connectivity index (χ4n) is 1.82. The summed E-state index contributed by atoms with van der Waals surface area (Å²) in [7, 11) is 1.73. The second kappa shape index (κ2) is 6.59. The molecule has 0 spiro atoms. The minimum absolute atomic E-state index is 0.139. The van der Waals surface area contributed by atoms with E-state index in [4.69, 9.17) is 11.6 Å². The van der Waals surface area contributed by atoms with Crippen molar-refractivity contribution < 1.29 is 4.79 Å². The maximum atomic E-state index is 12.0. The van der Waals surface area contributed by atoms with E-state index in [0.29, 0.717) is 22.3 Å². The first-order valence-corrected chi connectivity index (χ1v) is 6.46. The van der Waals surface area contributed by atoms with Gasteiger partial charge in [-0.25, -0.2) is 4.98 Å². The summed E-state index contributed by atoms with van der Waals surface area (Å²) in [6.45, 7) is 6.25. The smallest absolute Gasteiger partial charge is 0.253 e. The van der Waals surface area contributed by atoms with Gasteiger partial charge in [0.15, 0.2) is 0 Å². The third-order valence-corrected chi connectivity index (χ3v) is 2.83. The van der Waals surface area contributed by atoms with Crippen LogP contribution >= 0.6 is 11.6 Å². The zero-order valence-electron chi connectivity index (χ0n) is 11.2. The number of anilines is 1. The van der Waals surface area contributed by atoms with Crippen molar-refractivity contribution in [3.8, 4) is 0 Å². The quantitative estimate of drug-likeness (QED) is 0.864. The molecule has 1 amide bonds. The molecule has 0 aliphatic heterocycles. The third-order valence-electron chi connectivity index (χ3n) is 2.54. The Hall–Kier alpha value is -1.29. The van der Waals surface area contributed by atoms with Gasteiger partial charge in [-0.05, 0) is 25.3 Å². The molecule has 2 N–H and O–H groups in total. The number of halogens is 1. The van der Waals surface area contributed by atoms with Crippen molar-refractivity contribution in [2.75, 3.05) is 12.4 Å². The molecule has 1 unspecified atom stereocenters. The average Bonchev–Trinajstić information content (AvgIpc) is 2.27. The Morgan fingerprint density at radius 2 is 2.11 bits per heavy atom. The Balaban J connectivity index is 2.70. The second-order valence-corrected chi connectivity index (χ2v) is 5.22. The Morgan fingerprint density at radius 1 is 1.44 bits per heavy atom. The first-order valence-electron chi connectivity index (χ1n) is 6.08. The van der Waals surface area contributed by atoms with Crippen LogP contribution in [0.1, 0.15) is 37.6 Å². The number of hydrogen-bond acceptors (Lipinski definition) is 3. The zero-order valence-corrected chi connectivity index (χ0v) is 12.0. The molecule has 0 saturated heterocycles. The van der Waals surface area contributed by atoms with Gasteiger partial charge in [-0.15, -0.1) is 0 Å². The lowest BCUT2D eigenvalue weighted by Crippen LogP contribution is -2.33. The second-order valence-electron chi connectivity index (χ2n) is 4.81. The van der Waals surface area contributed by atoms with Crippen molar-refractivity contribution >= 4 is 23.3 Å². The van der Waals surface area contributed by atoms with Gasteiger partial charge in [0, 0.05) is 19.3 Å². The van der Waals surface area contributed by atoms with Crippen LogP contribution in [0.4, 0.5) is 5.82 Å². The van der Waals surface area contributed by atoms with Gasteiger partial charge in [0.1, 0.15) is 5.82 Å². The first kappa shape index (κ1) is 14.8. The topological polar surface area (TPSA) is 54.0 Å². The molecule has 0 aliphatic carbocycles. The van der Waals surface area contributed by atoms with Crippen LogP contribution in [-0.4, -0.2) is 24.0 Å². The summed E-state index contributed by atoms with van der Waals surface area (Å²) in [5.41, 5.74) is 0.481. The van der Waals surface area contributed by atoms with Crippen LogP contribution in [0, 0.1) is 5.92 Å². The van der Waals surface area contributed by atoms with Crippen molar-refractivity contribution in [2.45, 2.75) is 33.2 Å². The number of nitrogens with one attached hydrogen (secondary N) is 2. The Labute approximate surface area is 113 Å². The maximum absolute atomic E-state index is 12.0. The molecule has 0 saturated carbocycles. The lowest BCUT2D eigenvalue weighted by atomic mass is 10.1. The number of amides is 1. The fourth-order valence-corrected chi connectivity index (χ4v) is 2.08. The van der Waals surface area contributed by atoms with Gasteiger partial charge >= 0.3 is 0 Å². The molecular weight excluding hydrogens is 250 g/mol. The van der Waals surface area contributed by atoms with E-state index < -0.39 is 0 Å². The standard InChI is InChI=1S/C13H20ClN3O/c1-8(2)5-9(3)17-13(18)10-6-11(14)12(15-4)16-7-10/h6-9H,5H2,1-4H3,(H,15,16)(H,17,18). The van der Waals surface area contributed by atoms with E-state index in [1.54, 1.807) is 13.1 Å². The molecule has 1 rings (SSSR count). The van der Waals surface area contributed by atoms with Crippen LogP contribution in [-0.2, 0) is 0 Å². The highest BCUT2D eigenvalue weighted by Gasteiger charge is 2.13. The first-order chi connectivity index (χ1) is 8.43. The van der Waals surface area contributed by atoms with Gasteiger partial charge in [-0.2, -0.15) is 0 Å². The summed E-state index contributed by atoms with van der Waals surface area (Å²) in [5.74, 6) is 0.984. The Kier molecular flexibility index (Phi) is 5.41. The van der Waals surface area contributed by atoms with E-state index in [0.717, 1.165) is 6.42 Å². The van der Waals surface area contributed by atoms with E-state index in [1.165, 1.54) is 6.20 Å². The molecule has 100 valence electrons. The molecule has 5 heteroatoms.